The van der Waals surface area contributed by atoms with Gasteiger partial charge in [0, 0.05) is 18.5 Å². The van der Waals surface area contributed by atoms with Gasteiger partial charge in [0.2, 0.25) is 0 Å². The molecule has 36 heavy (non-hydrogen) atoms. The zero-order valence-electron chi connectivity index (χ0n) is 21.0. The molecular weight excluding hydrogens is 484 g/mol. The maximum Gasteiger partial charge on any atom is 0.342 e. The highest BCUT2D eigenvalue weighted by Crippen LogP contribution is 2.34. The number of carbonyl (C=O) groups is 2. The van der Waals surface area contributed by atoms with Crippen LogP contribution in [0.4, 0.5) is 10.5 Å². The van der Waals surface area contributed by atoms with Crippen LogP contribution in [0.2, 0.25) is 0 Å². The van der Waals surface area contributed by atoms with Gasteiger partial charge in [-0.3, -0.25) is 0 Å². The third-order valence-corrected chi connectivity index (χ3v) is 7.90. The van der Waals surface area contributed by atoms with Crippen LogP contribution in [-0.4, -0.2) is 58.7 Å². The summed E-state index contributed by atoms with van der Waals surface area (Å²) in [6.07, 6.45) is 0. The van der Waals surface area contributed by atoms with E-state index in [4.69, 9.17) is 13.9 Å². The van der Waals surface area contributed by atoms with E-state index in [2.05, 4.69) is 0 Å². The number of hydrogen-bond acceptors (Lipinski definition) is 7. The molecule has 9 nitrogen and oxygen atoms in total. The number of esters is 1. The van der Waals surface area contributed by atoms with E-state index in [1.807, 2.05) is 20.8 Å². The molecule has 1 fully saturated rings. The minimum atomic E-state index is -4.31. The highest BCUT2D eigenvalue weighted by Gasteiger charge is 2.36. The summed E-state index contributed by atoms with van der Waals surface area (Å²) in [4.78, 5) is 27.5. The Morgan fingerprint density at radius 2 is 1.67 bits per heavy atom. The number of rotatable bonds is 4. The summed E-state index contributed by atoms with van der Waals surface area (Å²) in [5, 5.41) is 0.356. The Hall–Kier alpha value is -3.37. The van der Waals surface area contributed by atoms with Gasteiger partial charge in [0.15, 0.2) is 0 Å². The van der Waals surface area contributed by atoms with Crippen molar-refractivity contribution in [2.75, 3.05) is 37.7 Å². The Morgan fingerprint density at radius 3 is 2.25 bits per heavy atom. The number of ether oxygens (including phenoxy) is 2. The molecule has 3 aromatic rings. The van der Waals surface area contributed by atoms with Gasteiger partial charge < -0.3 is 18.8 Å². The lowest BCUT2D eigenvalue weighted by molar-refractivity contribution is 0.0557. The zero-order chi connectivity index (χ0) is 26.3. The molecule has 0 spiro atoms. The third kappa shape index (κ3) is 4.70. The van der Waals surface area contributed by atoms with Crippen LogP contribution in [-0.2, 0) is 24.9 Å². The number of hydrogen-bond donors (Lipinski definition) is 0. The van der Waals surface area contributed by atoms with Crippen LogP contribution < -0.4 is 4.31 Å². The normalized spacial score (nSPS) is 14.6. The molecule has 0 aliphatic carbocycles. The maximum atomic E-state index is 13.9. The lowest BCUT2D eigenvalue weighted by Crippen LogP contribution is -2.50. The van der Waals surface area contributed by atoms with Crippen molar-refractivity contribution in [1.82, 2.24) is 4.90 Å². The largest absolute Gasteiger partial charge is 0.465 e. The third-order valence-electron chi connectivity index (χ3n) is 6.19. The van der Waals surface area contributed by atoms with Gasteiger partial charge in [-0.15, -0.1) is 0 Å². The first-order chi connectivity index (χ1) is 16.9. The van der Waals surface area contributed by atoms with Crippen LogP contribution in [0.3, 0.4) is 0 Å². The molecule has 0 radical (unpaired) electrons. The number of methoxy groups -OCH3 is 1. The predicted octanol–water partition coefficient (Wildman–Crippen LogP) is 4.47. The molecule has 10 heteroatoms. The molecule has 4 rings (SSSR count). The van der Waals surface area contributed by atoms with Gasteiger partial charge in [0.25, 0.3) is 10.0 Å². The molecule has 2 aromatic carbocycles. The van der Waals surface area contributed by atoms with Gasteiger partial charge in [-0.05, 0) is 48.2 Å². The van der Waals surface area contributed by atoms with Crippen molar-refractivity contribution in [3.05, 3.63) is 59.4 Å². The SMILES string of the molecule is COC(=O)c1c(C)oc2ccc(N(C(=O)N3CCOCC3)S(=O)(=O)c3ccc(C(C)(C)C)cc3)cc12. The summed E-state index contributed by atoms with van der Waals surface area (Å²) in [6.45, 7) is 8.86. The average Bonchev–Trinajstić information content (AvgIpc) is 3.18. The van der Waals surface area contributed by atoms with E-state index in [0.717, 1.165) is 9.87 Å². The number of benzene rings is 2. The Kier molecular flexibility index (Phi) is 6.85. The summed E-state index contributed by atoms with van der Waals surface area (Å²) in [5.41, 5.74) is 1.44. The number of carbonyl (C=O) groups excluding carboxylic acids is 2. The monoisotopic (exact) mass is 514 g/mol. The van der Waals surface area contributed by atoms with Crippen LogP contribution in [0.15, 0.2) is 51.8 Å². The second-order valence-electron chi connectivity index (χ2n) is 9.63. The van der Waals surface area contributed by atoms with E-state index < -0.39 is 22.0 Å². The zero-order valence-corrected chi connectivity index (χ0v) is 21.8. The van der Waals surface area contributed by atoms with Gasteiger partial charge in [-0.1, -0.05) is 32.9 Å². The molecule has 1 saturated heterocycles. The fourth-order valence-corrected chi connectivity index (χ4v) is 5.56. The summed E-state index contributed by atoms with van der Waals surface area (Å²) >= 11 is 0. The molecule has 0 unspecified atom stereocenters. The molecule has 1 aliphatic heterocycles. The molecule has 2 heterocycles. The van der Waals surface area contributed by atoms with Crippen LogP contribution in [0.25, 0.3) is 11.0 Å². The van der Waals surface area contributed by atoms with Crippen molar-refractivity contribution in [3.8, 4) is 0 Å². The van der Waals surface area contributed by atoms with Crippen LogP contribution in [0.1, 0.15) is 42.5 Å². The molecule has 0 saturated carbocycles. The maximum absolute atomic E-state index is 13.9. The lowest BCUT2D eigenvalue weighted by atomic mass is 9.87. The fraction of sp³-hybridized carbons (Fsp3) is 0.385. The number of nitrogens with zero attached hydrogens (tertiary/aromatic N) is 2. The first kappa shape index (κ1) is 25.7. The molecule has 0 N–H and O–H groups in total. The highest BCUT2D eigenvalue weighted by molar-refractivity contribution is 7.93. The summed E-state index contributed by atoms with van der Waals surface area (Å²) < 4.78 is 44.5. The standard InChI is InChI=1S/C26H30N2O7S/c1-17-23(24(29)33-5)21-16-19(8-11-22(21)35-17)28(25(30)27-12-14-34-15-13-27)36(31,32)20-9-6-18(7-10-20)26(2,3)4/h6-11,16H,12-15H2,1-5H3. The van der Waals surface area contributed by atoms with E-state index in [0.29, 0.717) is 29.9 Å². The number of urea groups is 1. The Bertz CT molecular complexity index is 1400. The first-order valence-electron chi connectivity index (χ1n) is 11.6. The highest BCUT2D eigenvalue weighted by atomic mass is 32.2. The number of anilines is 1. The fourth-order valence-electron chi connectivity index (χ4n) is 4.16. The van der Waals surface area contributed by atoms with Crippen molar-refractivity contribution >= 4 is 38.7 Å². The predicted molar refractivity (Wildman–Crippen MR) is 135 cm³/mol. The summed E-state index contributed by atoms with van der Waals surface area (Å²) in [5.74, 6) is -0.282. The van der Waals surface area contributed by atoms with E-state index in [1.165, 1.54) is 36.3 Å². The van der Waals surface area contributed by atoms with Gasteiger partial charge in [0.05, 0.1) is 30.9 Å². The molecule has 192 valence electrons. The van der Waals surface area contributed by atoms with E-state index >= 15 is 0 Å². The number of aryl methyl sites for hydroxylation is 1. The quantitative estimate of drug-likeness (QED) is 0.473. The summed E-state index contributed by atoms with van der Waals surface area (Å²) in [7, 11) is -3.06. The second kappa shape index (κ2) is 9.59. The number of amides is 2. The van der Waals surface area contributed by atoms with Gasteiger partial charge in [-0.25, -0.2) is 18.0 Å². The first-order valence-corrected chi connectivity index (χ1v) is 13.0. The van der Waals surface area contributed by atoms with E-state index in [1.54, 1.807) is 25.1 Å². The Labute approximate surface area is 210 Å². The summed E-state index contributed by atoms with van der Waals surface area (Å²) in [6, 6.07) is 10.3. The van der Waals surface area contributed by atoms with Crippen molar-refractivity contribution in [2.24, 2.45) is 0 Å². The van der Waals surface area contributed by atoms with E-state index in [9.17, 15) is 18.0 Å². The molecule has 1 aliphatic rings. The number of fused-ring (bicyclic) bond motifs is 1. The molecule has 2 amide bonds. The number of furan rings is 1. The second-order valence-corrected chi connectivity index (χ2v) is 11.4. The van der Waals surface area contributed by atoms with Crippen molar-refractivity contribution in [3.63, 3.8) is 0 Å². The Balaban J connectivity index is 1.87. The minimum Gasteiger partial charge on any atom is -0.465 e. The van der Waals surface area contributed by atoms with Crippen LogP contribution in [0.5, 0.6) is 0 Å². The molecule has 1 aromatic heterocycles. The lowest BCUT2D eigenvalue weighted by Gasteiger charge is -2.32. The van der Waals surface area contributed by atoms with E-state index in [-0.39, 0.29) is 34.7 Å². The van der Waals surface area contributed by atoms with Crippen molar-refractivity contribution in [1.29, 1.82) is 0 Å². The van der Waals surface area contributed by atoms with Crippen LogP contribution >= 0.6 is 0 Å². The van der Waals surface area contributed by atoms with Gasteiger partial charge in [-0.2, -0.15) is 4.31 Å². The molecular formula is C26H30N2O7S. The van der Waals surface area contributed by atoms with Gasteiger partial charge >= 0.3 is 12.0 Å². The smallest absolute Gasteiger partial charge is 0.342 e. The Morgan fingerprint density at radius 1 is 1.03 bits per heavy atom. The number of sulfonamides is 1. The molecule has 0 bridgehead atoms. The molecule has 0 atom stereocenters. The van der Waals surface area contributed by atoms with Crippen molar-refractivity contribution < 1.29 is 31.9 Å². The minimum absolute atomic E-state index is 0.0197. The van der Waals surface area contributed by atoms with Gasteiger partial charge in [0.1, 0.15) is 16.9 Å². The van der Waals surface area contributed by atoms with Crippen molar-refractivity contribution in [2.45, 2.75) is 38.0 Å². The average molecular weight is 515 g/mol. The number of morpholine rings is 1. The van der Waals surface area contributed by atoms with Crippen LogP contribution in [0, 0.1) is 6.92 Å². The topological polar surface area (TPSA) is 106 Å².